The van der Waals surface area contributed by atoms with Crippen LogP contribution in [-0.2, 0) is 9.59 Å². The number of carboxylic acids is 1. The van der Waals surface area contributed by atoms with Crippen LogP contribution in [0.3, 0.4) is 0 Å². The third kappa shape index (κ3) is 2.53. The summed E-state index contributed by atoms with van der Waals surface area (Å²) in [5.74, 6) is 0.0418. The predicted octanol–water partition coefficient (Wildman–Crippen LogP) is 4.30. The molecule has 0 spiro atoms. The summed E-state index contributed by atoms with van der Waals surface area (Å²) in [5.41, 5.74) is -0.421. The fraction of sp³-hybridized carbons (Fsp3) is 0.889. The first-order valence-corrected chi connectivity index (χ1v) is 8.27. The lowest BCUT2D eigenvalue weighted by Gasteiger charge is -2.50. The number of ketones is 1. The van der Waals surface area contributed by atoms with Gasteiger partial charge in [0, 0.05) is 6.42 Å². The van der Waals surface area contributed by atoms with E-state index in [1.807, 2.05) is 6.92 Å². The van der Waals surface area contributed by atoms with E-state index in [9.17, 15) is 14.7 Å². The molecule has 2 fully saturated rings. The lowest BCUT2D eigenvalue weighted by molar-refractivity contribution is -0.152. The van der Waals surface area contributed by atoms with Gasteiger partial charge in [0.1, 0.15) is 5.78 Å². The van der Waals surface area contributed by atoms with E-state index < -0.39 is 11.4 Å². The standard InChI is InChI=1S/C18H30O3/c1-12(19)7-8-13-17(4)10-6-9-16(2,3)14(17)11-18(13,5)15(20)21/h13-14H,6-11H2,1-5H3,(H,20,21). The minimum absolute atomic E-state index is 0.0599. The fourth-order valence-electron chi connectivity index (χ4n) is 5.62. The molecule has 2 rings (SSSR count). The molecule has 2 saturated carbocycles. The van der Waals surface area contributed by atoms with Crippen LogP contribution in [0.1, 0.15) is 73.1 Å². The van der Waals surface area contributed by atoms with Crippen molar-refractivity contribution in [2.45, 2.75) is 73.1 Å². The van der Waals surface area contributed by atoms with Gasteiger partial charge in [0.05, 0.1) is 5.41 Å². The second-order valence-electron chi connectivity index (χ2n) is 8.62. The van der Waals surface area contributed by atoms with E-state index in [1.54, 1.807) is 6.92 Å². The quantitative estimate of drug-likeness (QED) is 0.841. The number of hydrogen-bond acceptors (Lipinski definition) is 2. The average Bonchev–Trinajstić information content (AvgIpc) is 2.57. The normalized spacial score (nSPS) is 41.6. The summed E-state index contributed by atoms with van der Waals surface area (Å²) in [6, 6.07) is 0. The van der Waals surface area contributed by atoms with Gasteiger partial charge in [-0.1, -0.05) is 27.2 Å². The second kappa shape index (κ2) is 5.10. The molecule has 1 N–H and O–H groups in total. The summed E-state index contributed by atoms with van der Waals surface area (Å²) >= 11 is 0. The molecule has 0 bridgehead atoms. The van der Waals surface area contributed by atoms with Crippen LogP contribution < -0.4 is 0 Å². The summed E-state index contributed by atoms with van der Waals surface area (Å²) in [4.78, 5) is 23.4. The number of carboxylic acid groups (broad SMARTS) is 1. The molecule has 3 heteroatoms. The van der Waals surface area contributed by atoms with E-state index in [0.29, 0.717) is 12.3 Å². The molecular weight excluding hydrogens is 264 g/mol. The maximum Gasteiger partial charge on any atom is 0.309 e. The fourth-order valence-corrected chi connectivity index (χ4v) is 5.62. The van der Waals surface area contributed by atoms with E-state index in [2.05, 4.69) is 20.8 Å². The smallest absolute Gasteiger partial charge is 0.309 e. The van der Waals surface area contributed by atoms with Gasteiger partial charge in [0.2, 0.25) is 0 Å². The van der Waals surface area contributed by atoms with Gasteiger partial charge in [0.15, 0.2) is 0 Å². The number of fused-ring (bicyclic) bond motifs is 1. The van der Waals surface area contributed by atoms with Crippen molar-refractivity contribution in [2.75, 3.05) is 0 Å². The first kappa shape index (κ1) is 16.5. The molecule has 3 nitrogen and oxygen atoms in total. The van der Waals surface area contributed by atoms with Crippen LogP contribution in [-0.4, -0.2) is 16.9 Å². The van der Waals surface area contributed by atoms with Gasteiger partial charge < -0.3 is 9.90 Å². The van der Waals surface area contributed by atoms with Crippen LogP contribution in [0.25, 0.3) is 0 Å². The summed E-state index contributed by atoms with van der Waals surface area (Å²) in [7, 11) is 0. The van der Waals surface area contributed by atoms with Gasteiger partial charge in [-0.2, -0.15) is 0 Å². The highest BCUT2D eigenvalue weighted by Gasteiger charge is 2.64. The molecule has 0 saturated heterocycles. The zero-order valence-electron chi connectivity index (χ0n) is 14.2. The summed E-state index contributed by atoms with van der Waals surface area (Å²) in [6.07, 6.45) is 5.45. The van der Waals surface area contributed by atoms with Gasteiger partial charge in [-0.3, -0.25) is 4.79 Å². The molecule has 2 aliphatic rings. The van der Waals surface area contributed by atoms with Crippen molar-refractivity contribution in [3.05, 3.63) is 0 Å². The molecule has 0 aromatic heterocycles. The molecule has 4 atom stereocenters. The predicted molar refractivity (Wildman–Crippen MR) is 83.0 cm³/mol. The number of aliphatic carboxylic acids is 1. The molecule has 2 aliphatic carbocycles. The van der Waals surface area contributed by atoms with Crippen molar-refractivity contribution in [2.24, 2.45) is 28.1 Å². The van der Waals surface area contributed by atoms with E-state index in [0.717, 1.165) is 19.3 Å². The lowest BCUT2D eigenvalue weighted by atomic mass is 9.55. The third-order valence-electron chi connectivity index (χ3n) is 6.74. The Morgan fingerprint density at radius 2 is 1.76 bits per heavy atom. The zero-order valence-corrected chi connectivity index (χ0v) is 14.2. The number of carbonyl (C=O) groups is 2. The highest BCUT2D eigenvalue weighted by atomic mass is 16.4. The van der Waals surface area contributed by atoms with Crippen LogP contribution in [0, 0.1) is 28.1 Å². The van der Waals surface area contributed by atoms with E-state index in [1.165, 1.54) is 12.8 Å². The Labute approximate surface area is 128 Å². The monoisotopic (exact) mass is 294 g/mol. The Morgan fingerprint density at radius 3 is 2.29 bits per heavy atom. The van der Waals surface area contributed by atoms with Crippen LogP contribution in [0.15, 0.2) is 0 Å². The van der Waals surface area contributed by atoms with Crippen molar-refractivity contribution in [3.63, 3.8) is 0 Å². The Balaban J connectivity index is 2.41. The molecule has 120 valence electrons. The number of hydrogen-bond donors (Lipinski definition) is 1. The van der Waals surface area contributed by atoms with Crippen molar-refractivity contribution in [1.82, 2.24) is 0 Å². The largest absolute Gasteiger partial charge is 0.481 e. The summed E-state index contributed by atoms with van der Waals surface area (Å²) in [5, 5.41) is 9.85. The Kier molecular flexibility index (Phi) is 4.01. The molecular formula is C18H30O3. The highest BCUT2D eigenvalue weighted by Crippen LogP contribution is 2.68. The molecule has 0 aromatic rings. The Hall–Kier alpha value is -0.860. The molecule has 0 amide bonds. The topological polar surface area (TPSA) is 54.4 Å². The van der Waals surface area contributed by atoms with Gasteiger partial charge in [-0.25, -0.2) is 0 Å². The minimum atomic E-state index is -0.684. The number of rotatable bonds is 4. The van der Waals surface area contributed by atoms with Crippen molar-refractivity contribution < 1.29 is 14.7 Å². The van der Waals surface area contributed by atoms with E-state index in [4.69, 9.17) is 0 Å². The van der Waals surface area contributed by atoms with Crippen LogP contribution >= 0.6 is 0 Å². The zero-order chi connectivity index (χ0) is 16.1. The Bertz CT molecular complexity index is 453. The molecule has 0 radical (unpaired) electrons. The molecule has 4 unspecified atom stereocenters. The highest BCUT2D eigenvalue weighted by molar-refractivity contribution is 5.77. The van der Waals surface area contributed by atoms with Crippen molar-refractivity contribution in [1.29, 1.82) is 0 Å². The van der Waals surface area contributed by atoms with E-state index >= 15 is 0 Å². The SMILES string of the molecule is CC(=O)CCC1C(C)(C(=O)O)CC2C(C)(C)CCCC21C. The van der Waals surface area contributed by atoms with Gasteiger partial charge in [-0.05, 0) is 62.2 Å². The number of carbonyl (C=O) groups excluding carboxylic acids is 1. The van der Waals surface area contributed by atoms with E-state index in [-0.39, 0.29) is 22.5 Å². The van der Waals surface area contributed by atoms with Crippen molar-refractivity contribution >= 4 is 11.8 Å². The molecule has 0 aromatic carbocycles. The molecule has 0 aliphatic heterocycles. The first-order valence-electron chi connectivity index (χ1n) is 8.27. The number of Topliss-reactive ketones (excluding diaryl/α,β-unsaturated/α-hetero) is 1. The maximum absolute atomic E-state index is 12.0. The summed E-state index contributed by atoms with van der Waals surface area (Å²) in [6.45, 7) is 10.4. The van der Waals surface area contributed by atoms with Gasteiger partial charge in [-0.15, -0.1) is 0 Å². The minimum Gasteiger partial charge on any atom is -0.481 e. The van der Waals surface area contributed by atoms with Crippen molar-refractivity contribution in [3.8, 4) is 0 Å². The second-order valence-corrected chi connectivity index (χ2v) is 8.62. The molecule has 0 heterocycles. The molecule has 21 heavy (non-hydrogen) atoms. The van der Waals surface area contributed by atoms with Crippen LogP contribution in [0.2, 0.25) is 0 Å². The third-order valence-corrected chi connectivity index (χ3v) is 6.74. The lowest BCUT2D eigenvalue weighted by Crippen LogP contribution is -2.43. The van der Waals surface area contributed by atoms with Gasteiger partial charge >= 0.3 is 5.97 Å². The first-order chi connectivity index (χ1) is 9.54. The Morgan fingerprint density at radius 1 is 1.14 bits per heavy atom. The average molecular weight is 294 g/mol. The van der Waals surface area contributed by atoms with Crippen LogP contribution in [0.4, 0.5) is 0 Å². The van der Waals surface area contributed by atoms with Crippen LogP contribution in [0.5, 0.6) is 0 Å². The summed E-state index contributed by atoms with van der Waals surface area (Å²) < 4.78 is 0. The van der Waals surface area contributed by atoms with Gasteiger partial charge in [0.25, 0.3) is 0 Å². The maximum atomic E-state index is 12.0.